The van der Waals surface area contributed by atoms with E-state index in [4.69, 9.17) is 13.9 Å². The van der Waals surface area contributed by atoms with Crippen LogP contribution in [0.1, 0.15) is 23.2 Å². The number of sulfone groups is 1. The van der Waals surface area contributed by atoms with Gasteiger partial charge in [-0.15, -0.1) is 0 Å². The molecule has 0 saturated heterocycles. The van der Waals surface area contributed by atoms with Crippen molar-refractivity contribution in [3.05, 3.63) is 66.1 Å². The summed E-state index contributed by atoms with van der Waals surface area (Å²) in [6.45, 7) is 1.58. The van der Waals surface area contributed by atoms with E-state index in [1.807, 2.05) is 6.07 Å². The van der Waals surface area contributed by atoms with Crippen molar-refractivity contribution in [2.45, 2.75) is 18.4 Å². The number of carbonyl (C=O) groups is 1. The van der Waals surface area contributed by atoms with E-state index in [-0.39, 0.29) is 34.5 Å². The Hall–Kier alpha value is -3.46. The van der Waals surface area contributed by atoms with E-state index >= 15 is 0 Å². The lowest BCUT2D eigenvalue weighted by Crippen LogP contribution is -2.12. The van der Waals surface area contributed by atoms with Gasteiger partial charge >= 0.3 is 0 Å². The third kappa shape index (κ3) is 4.74. The Balaban J connectivity index is 1.70. The van der Waals surface area contributed by atoms with Crippen LogP contribution in [0.4, 0.5) is 5.69 Å². The number of nitrogens with one attached hydrogen (secondary N) is 1. The summed E-state index contributed by atoms with van der Waals surface area (Å²) in [5.41, 5.74) is -0.0299. The number of ether oxygens (including phenoxy) is 2. The number of phenolic OH excluding ortho intramolecular Hbond substituents is 1. The molecule has 0 radical (unpaired) electrons. The molecule has 0 fully saturated rings. The largest absolute Gasteiger partial charge is 0.506 e. The Morgan fingerprint density at radius 2 is 1.83 bits per heavy atom. The lowest BCUT2D eigenvalue weighted by molar-refractivity contribution is 0.0992. The van der Waals surface area contributed by atoms with Crippen molar-refractivity contribution in [2.24, 2.45) is 0 Å². The average molecular weight is 431 g/mol. The van der Waals surface area contributed by atoms with E-state index in [1.165, 1.54) is 38.3 Å². The second-order valence-corrected chi connectivity index (χ2v) is 8.52. The van der Waals surface area contributed by atoms with Crippen molar-refractivity contribution in [1.82, 2.24) is 0 Å². The van der Waals surface area contributed by atoms with Gasteiger partial charge in [0.05, 0.1) is 23.4 Å². The molecule has 3 rings (SSSR count). The van der Waals surface area contributed by atoms with Gasteiger partial charge in [-0.05, 0) is 42.5 Å². The molecule has 0 aliphatic rings. The molecule has 0 atom stereocenters. The number of furan rings is 1. The molecule has 9 heteroatoms. The number of hydrogen-bond acceptors (Lipinski definition) is 7. The predicted molar refractivity (Wildman–Crippen MR) is 110 cm³/mol. The molecule has 0 spiro atoms. The van der Waals surface area contributed by atoms with Gasteiger partial charge in [0.1, 0.15) is 18.1 Å². The summed E-state index contributed by atoms with van der Waals surface area (Å²) in [5.74, 6) is 0.485. The Morgan fingerprint density at radius 1 is 1.10 bits per heavy atom. The first-order chi connectivity index (χ1) is 14.3. The van der Waals surface area contributed by atoms with Crippen LogP contribution in [0.25, 0.3) is 0 Å². The molecule has 0 unspecified atom stereocenters. The molecule has 0 bridgehead atoms. The standard InChI is InChI=1S/C21H21NO7S/c1-3-30(25,26)15-9-10-17(23)16(12-15)22-21(24)20-11-8-14(29-20)13-28-19-7-5-4-6-18(19)27-2/h4-12,23H,3,13H2,1-2H3,(H,22,24). The first kappa shape index (κ1) is 21.3. The number of anilines is 1. The van der Waals surface area contributed by atoms with Crippen LogP contribution in [0, 0.1) is 0 Å². The van der Waals surface area contributed by atoms with Crippen molar-refractivity contribution in [2.75, 3.05) is 18.2 Å². The van der Waals surface area contributed by atoms with Crippen molar-refractivity contribution in [3.63, 3.8) is 0 Å². The van der Waals surface area contributed by atoms with Gasteiger partial charge in [-0.2, -0.15) is 0 Å². The van der Waals surface area contributed by atoms with Crippen molar-refractivity contribution in [1.29, 1.82) is 0 Å². The number of carbonyl (C=O) groups excluding carboxylic acids is 1. The van der Waals surface area contributed by atoms with E-state index in [1.54, 1.807) is 24.3 Å². The van der Waals surface area contributed by atoms with Crippen molar-refractivity contribution < 1.29 is 32.2 Å². The van der Waals surface area contributed by atoms with Gasteiger partial charge in [0.15, 0.2) is 27.1 Å². The third-order valence-electron chi connectivity index (χ3n) is 4.28. The molecule has 0 aliphatic carbocycles. The van der Waals surface area contributed by atoms with Crippen molar-refractivity contribution >= 4 is 21.4 Å². The molecule has 30 heavy (non-hydrogen) atoms. The van der Waals surface area contributed by atoms with Crippen molar-refractivity contribution in [3.8, 4) is 17.2 Å². The Bertz CT molecular complexity index is 1150. The SMILES string of the molecule is CCS(=O)(=O)c1ccc(O)c(NC(=O)c2ccc(COc3ccccc3OC)o2)c1. The Kier molecular flexibility index (Phi) is 6.31. The number of aromatic hydroxyl groups is 1. The van der Waals surface area contributed by atoms with Crippen LogP contribution in [0.2, 0.25) is 0 Å². The lowest BCUT2D eigenvalue weighted by Gasteiger charge is -2.09. The second kappa shape index (κ2) is 8.91. The van der Waals surface area contributed by atoms with Crippen LogP contribution >= 0.6 is 0 Å². The molecule has 1 aromatic heterocycles. The highest BCUT2D eigenvalue weighted by molar-refractivity contribution is 7.91. The fraction of sp³-hybridized carbons (Fsp3) is 0.190. The molecule has 3 aromatic rings. The number of methoxy groups -OCH3 is 1. The summed E-state index contributed by atoms with van der Waals surface area (Å²) in [6, 6.07) is 13.9. The average Bonchev–Trinajstić information content (AvgIpc) is 3.23. The third-order valence-corrected chi connectivity index (χ3v) is 6.01. The lowest BCUT2D eigenvalue weighted by atomic mass is 10.3. The molecular weight excluding hydrogens is 410 g/mol. The monoisotopic (exact) mass is 431 g/mol. The zero-order chi connectivity index (χ0) is 21.7. The number of rotatable bonds is 8. The van der Waals surface area contributed by atoms with E-state index in [9.17, 15) is 18.3 Å². The highest BCUT2D eigenvalue weighted by atomic mass is 32.2. The maximum absolute atomic E-state index is 12.5. The van der Waals surface area contributed by atoms with Gasteiger partial charge in [-0.3, -0.25) is 4.79 Å². The molecule has 158 valence electrons. The van der Waals surface area contributed by atoms with Gasteiger partial charge in [-0.1, -0.05) is 19.1 Å². The van der Waals surface area contributed by atoms with Crippen LogP contribution in [-0.2, 0) is 16.4 Å². The summed E-state index contributed by atoms with van der Waals surface area (Å²) in [4.78, 5) is 12.5. The van der Waals surface area contributed by atoms with E-state index < -0.39 is 15.7 Å². The minimum absolute atomic E-state index is 0.00319. The molecular formula is C21H21NO7S. The highest BCUT2D eigenvalue weighted by Crippen LogP contribution is 2.29. The number of amides is 1. The molecule has 2 aromatic carbocycles. The van der Waals surface area contributed by atoms with E-state index in [0.717, 1.165) is 0 Å². The van der Waals surface area contributed by atoms with Gasteiger partial charge in [-0.25, -0.2) is 8.42 Å². The second-order valence-electron chi connectivity index (χ2n) is 6.24. The maximum Gasteiger partial charge on any atom is 0.291 e. The van der Waals surface area contributed by atoms with Crippen LogP contribution in [0.3, 0.4) is 0 Å². The fourth-order valence-electron chi connectivity index (χ4n) is 2.62. The van der Waals surface area contributed by atoms with E-state index in [2.05, 4.69) is 5.32 Å². The molecule has 1 amide bonds. The molecule has 1 heterocycles. The van der Waals surface area contributed by atoms with Gasteiger partial charge in [0.25, 0.3) is 5.91 Å². The Morgan fingerprint density at radius 3 is 2.53 bits per heavy atom. The number of phenols is 1. The zero-order valence-corrected chi connectivity index (χ0v) is 17.2. The summed E-state index contributed by atoms with van der Waals surface area (Å²) < 4.78 is 40.4. The fourth-order valence-corrected chi connectivity index (χ4v) is 3.53. The number of para-hydroxylation sites is 2. The van der Waals surface area contributed by atoms with Crippen LogP contribution < -0.4 is 14.8 Å². The van der Waals surface area contributed by atoms with Gasteiger partial charge in [0.2, 0.25) is 0 Å². The number of hydrogen-bond donors (Lipinski definition) is 2. The smallest absolute Gasteiger partial charge is 0.291 e. The van der Waals surface area contributed by atoms with Gasteiger partial charge in [0, 0.05) is 0 Å². The van der Waals surface area contributed by atoms with Gasteiger partial charge < -0.3 is 24.3 Å². The van der Waals surface area contributed by atoms with E-state index in [0.29, 0.717) is 17.3 Å². The van der Waals surface area contributed by atoms with Crippen LogP contribution in [0.15, 0.2) is 63.9 Å². The highest BCUT2D eigenvalue weighted by Gasteiger charge is 2.18. The minimum atomic E-state index is -3.49. The van der Waals surface area contributed by atoms with Crippen LogP contribution in [-0.4, -0.2) is 32.3 Å². The Labute approximate surface area is 174 Å². The molecule has 0 aliphatic heterocycles. The summed E-state index contributed by atoms with van der Waals surface area (Å²) in [7, 11) is -1.95. The molecule has 2 N–H and O–H groups in total. The minimum Gasteiger partial charge on any atom is -0.506 e. The topological polar surface area (TPSA) is 115 Å². The maximum atomic E-state index is 12.5. The first-order valence-corrected chi connectivity index (χ1v) is 10.7. The predicted octanol–water partition coefficient (Wildman–Crippen LogP) is 3.62. The summed E-state index contributed by atoms with van der Waals surface area (Å²) >= 11 is 0. The summed E-state index contributed by atoms with van der Waals surface area (Å²) in [6.07, 6.45) is 0. The molecule has 8 nitrogen and oxygen atoms in total. The molecule has 0 saturated carbocycles. The van der Waals surface area contributed by atoms with Crippen LogP contribution in [0.5, 0.6) is 17.2 Å². The normalized spacial score (nSPS) is 11.1. The number of benzene rings is 2. The zero-order valence-electron chi connectivity index (χ0n) is 16.4. The quantitative estimate of drug-likeness (QED) is 0.524. The first-order valence-electron chi connectivity index (χ1n) is 9.05. The summed E-state index contributed by atoms with van der Waals surface area (Å²) in [5, 5.41) is 12.4.